The minimum atomic E-state index is -0.691. The van der Waals surface area contributed by atoms with Gasteiger partial charge in [0.25, 0.3) is 0 Å². The molecule has 0 bridgehead atoms. The second kappa shape index (κ2) is 4.06. The molecular formula is C14H19NO2. The van der Waals surface area contributed by atoms with Gasteiger partial charge in [-0.25, -0.2) is 0 Å². The Hall–Kier alpha value is -1.51. The lowest BCUT2D eigenvalue weighted by atomic mass is 9.91. The van der Waals surface area contributed by atoms with Crippen molar-refractivity contribution in [1.82, 2.24) is 0 Å². The summed E-state index contributed by atoms with van der Waals surface area (Å²) in [5.74, 6) is -0.691. The molecule has 1 aliphatic rings. The molecule has 0 radical (unpaired) electrons. The Bertz CT molecular complexity index is 462. The zero-order chi connectivity index (χ0) is 12.6. The molecule has 0 spiro atoms. The van der Waals surface area contributed by atoms with E-state index in [1.807, 2.05) is 19.2 Å². The van der Waals surface area contributed by atoms with E-state index < -0.39 is 11.4 Å². The van der Waals surface area contributed by atoms with Crippen LogP contribution in [0.5, 0.6) is 0 Å². The van der Waals surface area contributed by atoms with Gasteiger partial charge in [0.1, 0.15) is 0 Å². The van der Waals surface area contributed by atoms with Gasteiger partial charge < -0.3 is 10.4 Å². The summed E-state index contributed by atoms with van der Waals surface area (Å²) in [6.07, 6.45) is 2.48. The topological polar surface area (TPSA) is 49.3 Å². The Labute approximate surface area is 102 Å². The molecule has 1 aliphatic carbocycles. The summed E-state index contributed by atoms with van der Waals surface area (Å²) in [7, 11) is 1.89. The Morgan fingerprint density at radius 2 is 2.12 bits per heavy atom. The van der Waals surface area contributed by atoms with Gasteiger partial charge in [0.15, 0.2) is 0 Å². The summed E-state index contributed by atoms with van der Waals surface area (Å²) in [5, 5.41) is 12.5. The molecule has 0 unspecified atom stereocenters. The fourth-order valence-corrected chi connectivity index (χ4v) is 2.54. The average molecular weight is 233 g/mol. The van der Waals surface area contributed by atoms with E-state index in [0.29, 0.717) is 0 Å². The van der Waals surface area contributed by atoms with Crippen LogP contribution in [-0.4, -0.2) is 18.1 Å². The van der Waals surface area contributed by atoms with Crippen molar-refractivity contribution < 1.29 is 9.90 Å². The minimum Gasteiger partial charge on any atom is -0.481 e. The monoisotopic (exact) mass is 233 g/mol. The number of carboxylic acids is 1. The molecular weight excluding hydrogens is 214 g/mol. The second-order valence-corrected chi connectivity index (χ2v) is 4.81. The van der Waals surface area contributed by atoms with Gasteiger partial charge in [0.2, 0.25) is 0 Å². The van der Waals surface area contributed by atoms with Crippen molar-refractivity contribution in [2.45, 2.75) is 38.5 Å². The zero-order valence-electron chi connectivity index (χ0n) is 10.6. The number of hydrogen-bond acceptors (Lipinski definition) is 2. The standard InChI is InChI=1S/C14H19NO2/c1-4-11-9(2)7-10(8-12(11)15-3)14(5-6-14)13(16)17/h7-8,15H,4-6H2,1-3H3,(H,16,17). The Balaban J connectivity index is 2.51. The summed E-state index contributed by atoms with van der Waals surface area (Å²) in [4.78, 5) is 11.3. The van der Waals surface area contributed by atoms with Crippen LogP contribution in [-0.2, 0) is 16.6 Å². The lowest BCUT2D eigenvalue weighted by Crippen LogP contribution is -2.20. The van der Waals surface area contributed by atoms with E-state index in [9.17, 15) is 9.90 Å². The largest absolute Gasteiger partial charge is 0.481 e. The molecule has 3 nitrogen and oxygen atoms in total. The van der Waals surface area contributed by atoms with Crippen LogP contribution in [0.4, 0.5) is 5.69 Å². The molecule has 0 saturated heterocycles. The van der Waals surface area contributed by atoms with E-state index in [2.05, 4.69) is 19.2 Å². The maximum absolute atomic E-state index is 11.3. The number of hydrogen-bond donors (Lipinski definition) is 2. The molecule has 2 rings (SSSR count). The summed E-state index contributed by atoms with van der Waals surface area (Å²) in [6.45, 7) is 4.17. The molecule has 3 heteroatoms. The minimum absolute atomic E-state index is 0.609. The predicted octanol–water partition coefficient (Wildman–Crippen LogP) is 2.72. The van der Waals surface area contributed by atoms with E-state index in [-0.39, 0.29) is 0 Å². The van der Waals surface area contributed by atoms with Crippen LogP contribution in [0, 0.1) is 6.92 Å². The molecule has 92 valence electrons. The number of aryl methyl sites for hydroxylation is 1. The molecule has 0 heterocycles. The van der Waals surface area contributed by atoms with Gasteiger partial charge in [-0.15, -0.1) is 0 Å². The summed E-state index contributed by atoms with van der Waals surface area (Å²) < 4.78 is 0. The van der Waals surface area contributed by atoms with Crippen molar-refractivity contribution in [3.05, 3.63) is 28.8 Å². The van der Waals surface area contributed by atoms with Gasteiger partial charge in [-0.3, -0.25) is 4.79 Å². The van der Waals surface area contributed by atoms with Crippen molar-refractivity contribution in [2.75, 3.05) is 12.4 Å². The summed E-state index contributed by atoms with van der Waals surface area (Å²) in [6, 6.07) is 4.05. The molecule has 1 fully saturated rings. The highest BCUT2D eigenvalue weighted by atomic mass is 16.4. The van der Waals surface area contributed by atoms with Crippen molar-refractivity contribution in [2.24, 2.45) is 0 Å². The maximum atomic E-state index is 11.3. The van der Waals surface area contributed by atoms with Gasteiger partial charge in [0, 0.05) is 12.7 Å². The lowest BCUT2D eigenvalue weighted by Gasteiger charge is -2.17. The first kappa shape index (κ1) is 12.0. The maximum Gasteiger partial charge on any atom is 0.314 e. The number of rotatable bonds is 4. The van der Waals surface area contributed by atoms with E-state index in [0.717, 1.165) is 30.5 Å². The molecule has 0 amide bonds. The molecule has 0 aromatic heterocycles. The number of aliphatic carboxylic acids is 1. The molecule has 17 heavy (non-hydrogen) atoms. The van der Waals surface area contributed by atoms with Crippen molar-refractivity contribution >= 4 is 11.7 Å². The zero-order valence-corrected chi connectivity index (χ0v) is 10.6. The number of benzene rings is 1. The van der Waals surface area contributed by atoms with Crippen LogP contribution in [0.15, 0.2) is 12.1 Å². The summed E-state index contributed by atoms with van der Waals surface area (Å²) >= 11 is 0. The third-order valence-electron chi connectivity index (χ3n) is 3.81. The van der Waals surface area contributed by atoms with E-state index in [1.165, 1.54) is 11.1 Å². The third-order valence-corrected chi connectivity index (χ3v) is 3.81. The lowest BCUT2D eigenvalue weighted by molar-refractivity contribution is -0.140. The molecule has 2 N–H and O–H groups in total. The SMILES string of the molecule is CCc1c(C)cc(C2(C(=O)O)CC2)cc1NC. The van der Waals surface area contributed by atoms with Crippen molar-refractivity contribution in [3.63, 3.8) is 0 Å². The molecule has 1 aromatic rings. The number of carbonyl (C=O) groups is 1. The van der Waals surface area contributed by atoms with Crippen LogP contribution < -0.4 is 5.32 Å². The van der Waals surface area contributed by atoms with Gasteiger partial charge in [0.05, 0.1) is 5.41 Å². The number of carboxylic acid groups (broad SMARTS) is 1. The smallest absolute Gasteiger partial charge is 0.314 e. The van der Waals surface area contributed by atoms with Gasteiger partial charge in [-0.1, -0.05) is 13.0 Å². The molecule has 0 aliphatic heterocycles. The quantitative estimate of drug-likeness (QED) is 0.840. The highest BCUT2D eigenvalue weighted by molar-refractivity contribution is 5.85. The highest BCUT2D eigenvalue weighted by Gasteiger charge is 2.51. The first-order valence-electron chi connectivity index (χ1n) is 6.10. The Kier molecular flexibility index (Phi) is 2.86. The molecule has 0 atom stereocenters. The van der Waals surface area contributed by atoms with Crippen LogP contribution >= 0.6 is 0 Å². The van der Waals surface area contributed by atoms with Gasteiger partial charge in [-0.2, -0.15) is 0 Å². The fraction of sp³-hybridized carbons (Fsp3) is 0.500. The molecule has 1 saturated carbocycles. The normalized spacial score (nSPS) is 16.6. The van der Waals surface area contributed by atoms with Crippen LogP contribution in [0.25, 0.3) is 0 Å². The van der Waals surface area contributed by atoms with Crippen molar-refractivity contribution in [1.29, 1.82) is 0 Å². The summed E-state index contributed by atoms with van der Waals surface area (Å²) in [5.41, 5.74) is 3.86. The highest BCUT2D eigenvalue weighted by Crippen LogP contribution is 2.49. The van der Waals surface area contributed by atoms with Crippen LogP contribution in [0.2, 0.25) is 0 Å². The molecule has 1 aromatic carbocycles. The second-order valence-electron chi connectivity index (χ2n) is 4.81. The number of anilines is 1. The van der Waals surface area contributed by atoms with E-state index in [4.69, 9.17) is 0 Å². The third kappa shape index (κ3) is 1.79. The van der Waals surface area contributed by atoms with E-state index in [1.54, 1.807) is 0 Å². The van der Waals surface area contributed by atoms with Crippen molar-refractivity contribution in [3.8, 4) is 0 Å². The fourth-order valence-electron chi connectivity index (χ4n) is 2.54. The predicted molar refractivity (Wildman–Crippen MR) is 68.7 cm³/mol. The Morgan fingerprint density at radius 1 is 1.47 bits per heavy atom. The first-order valence-corrected chi connectivity index (χ1v) is 6.10. The Morgan fingerprint density at radius 3 is 2.53 bits per heavy atom. The van der Waals surface area contributed by atoms with Gasteiger partial charge >= 0.3 is 5.97 Å². The van der Waals surface area contributed by atoms with Gasteiger partial charge in [-0.05, 0) is 48.9 Å². The van der Waals surface area contributed by atoms with Crippen LogP contribution in [0.1, 0.15) is 36.5 Å². The van der Waals surface area contributed by atoms with Crippen LogP contribution in [0.3, 0.4) is 0 Å². The van der Waals surface area contributed by atoms with E-state index >= 15 is 0 Å². The first-order chi connectivity index (χ1) is 8.05. The number of nitrogens with one attached hydrogen (secondary N) is 1. The average Bonchev–Trinajstić information content (AvgIpc) is 3.08.